The number of nitrogens with zero attached hydrogens (tertiary/aromatic N) is 2. The molecular formula is C18H34N6O2. The number of hydrogen-bond donors (Lipinski definition) is 4. The van der Waals surface area contributed by atoms with E-state index in [1.165, 1.54) is 32.1 Å². The highest BCUT2D eigenvalue weighted by atomic mass is 16.7. The molecule has 26 heavy (non-hydrogen) atoms. The molecule has 0 aromatic carbocycles. The lowest BCUT2D eigenvalue weighted by atomic mass is 9.89. The third-order valence-electron chi connectivity index (χ3n) is 6.21. The summed E-state index contributed by atoms with van der Waals surface area (Å²) in [6.45, 7) is 6.77. The van der Waals surface area contributed by atoms with Gasteiger partial charge in [-0.05, 0) is 18.8 Å². The van der Waals surface area contributed by atoms with Crippen LogP contribution in [0.2, 0.25) is 0 Å². The van der Waals surface area contributed by atoms with E-state index in [-0.39, 0.29) is 24.2 Å². The summed E-state index contributed by atoms with van der Waals surface area (Å²) in [6.07, 6.45) is 7.59. The number of piperazine rings is 1. The van der Waals surface area contributed by atoms with E-state index < -0.39 is 0 Å². The Bertz CT molecular complexity index is 467. The number of hydroxylamine groups is 1. The van der Waals surface area contributed by atoms with Crippen molar-refractivity contribution in [1.82, 2.24) is 31.4 Å². The molecular weight excluding hydrogens is 332 g/mol. The van der Waals surface area contributed by atoms with Gasteiger partial charge in [-0.2, -0.15) is 5.48 Å². The Morgan fingerprint density at radius 2 is 1.96 bits per heavy atom. The molecule has 1 amide bonds. The minimum atomic E-state index is -0.248. The van der Waals surface area contributed by atoms with Crippen LogP contribution in [-0.2, 0) is 9.63 Å². The lowest BCUT2D eigenvalue weighted by molar-refractivity contribution is -0.125. The molecule has 0 radical (unpaired) electrons. The van der Waals surface area contributed by atoms with E-state index in [1.54, 1.807) is 0 Å². The van der Waals surface area contributed by atoms with Crippen molar-refractivity contribution in [3.8, 4) is 0 Å². The van der Waals surface area contributed by atoms with Crippen molar-refractivity contribution in [2.24, 2.45) is 5.92 Å². The maximum Gasteiger partial charge on any atom is 0.239 e. The van der Waals surface area contributed by atoms with Crippen LogP contribution in [0.1, 0.15) is 38.5 Å². The van der Waals surface area contributed by atoms with E-state index in [0.29, 0.717) is 0 Å². The largest absolute Gasteiger partial charge is 0.349 e. The first kappa shape index (κ1) is 18.6. The predicted molar refractivity (Wildman–Crippen MR) is 98.9 cm³/mol. The monoisotopic (exact) mass is 366 g/mol. The number of hydrogen-bond acceptors (Lipinski definition) is 7. The molecule has 3 unspecified atom stereocenters. The lowest BCUT2D eigenvalue weighted by Crippen LogP contribution is -2.49. The zero-order chi connectivity index (χ0) is 17.8. The normalized spacial score (nSPS) is 35.0. The van der Waals surface area contributed by atoms with E-state index in [0.717, 1.165) is 58.2 Å². The molecule has 148 valence electrons. The van der Waals surface area contributed by atoms with Crippen LogP contribution in [-0.4, -0.2) is 79.9 Å². The third-order valence-corrected chi connectivity index (χ3v) is 6.21. The molecule has 0 spiro atoms. The topological polar surface area (TPSA) is 80.9 Å². The number of rotatable bonds is 5. The highest BCUT2D eigenvalue weighted by Gasteiger charge is 2.36. The molecule has 0 bridgehead atoms. The van der Waals surface area contributed by atoms with Gasteiger partial charge in [-0.1, -0.05) is 19.3 Å². The van der Waals surface area contributed by atoms with Crippen LogP contribution in [0.5, 0.6) is 0 Å². The van der Waals surface area contributed by atoms with Crippen molar-refractivity contribution < 1.29 is 9.63 Å². The number of carbonyl (C=O) groups excluding carboxylic acids is 1. The number of amides is 1. The van der Waals surface area contributed by atoms with E-state index in [4.69, 9.17) is 4.84 Å². The zero-order valence-corrected chi connectivity index (χ0v) is 15.7. The van der Waals surface area contributed by atoms with Gasteiger partial charge >= 0.3 is 0 Å². The SMILES string of the molecule is O=C(NC1CNN(CC2CCCCC2)C1)C1CC(N2CCNCC2)ON1. The van der Waals surface area contributed by atoms with Crippen LogP contribution >= 0.6 is 0 Å². The molecule has 4 aliphatic rings. The second-order valence-corrected chi connectivity index (χ2v) is 8.24. The van der Waals surface area contributed by atoms with Gasteiger partial charge in [0.15, 0.2) is 0 Å². The van der Waals surface area contributed by atoms with Crippen molar-refractivity contribution in [2.45, 2.75) is 56.8 Å². The molecule has 1 aliphatic carbocycles. The molecule has 4 rings (SSSR count). The summed E-state index contributed by atoms with van der Waals surface area (Å²) in [7, 11) is 0. The van der Waals surface area contributed by atoms with Gasteiger partial charge in [-0.3, -0.25) is 20.0 Å². The van der Waals surface area contributed by atoms with Gasteiger partial charge in [-0.25, -0.2) is 5.01 Å². The van der Waals surface area contributed by atoms with Crippen molar-refractivity contribution >= 4 is 5.91 Å². The first-order valence-corrected chi connectivity index (χ1v) is 10.4. The van der Waals surface area contributed by atoms with E-state index in [9.17, 15) is 4.79 Å². The second kappa shape index (κ2) is 8.95. The molecule has 0 aromatic heterocycles. The van der Waals surface area contributed by atoms with Gasteiger partial charge in [0, 0.05) is 52.2 Å². The van der Waals surface area contributed by atoms with E-state index in [2.05, 4.69) is 31.4 Å². The molecule has 3 aliphatic heterocycles. The third kappa shape index (κ3) is 4.74. The minimum absolute atomic E-state index is 0.0114. The Morgan fingerprint density at radius 1 is 1.15 bits per heavy atom. The Balaban J connectivity index is 1.18. The summed E-state index contributed by atoms with van der Waals surface area (Å²) in [4.78, 5) is 20.6. The summed E-state index contributed by atoms with van der Waals surface area (Å²) in [5.41, 5.74) is 6.41. The molecule has 4 N–H and O–H groups in total. The smallest absolute Gasteiger partial charge is 0.239 e. The second-order valence-electron chi connectivity index (χ2n) is 8.24. The summed E-state index contributed by atoms with van der Waals surface area (Å²) in [6, 6.07) is -0.0617. The van der Waals surface area contributed by atoms with Gasteiger partial charge in [0.2, 0.25) is 5.91 Å². The van der Waals surface area contributed by atoms with Crippen LogP contribution in [0.3, 0.4) is 0 Å². The van der Waals surface area contributed by atoms with Gasteiger partial charge in [-0.15, -0.1) is 0 Å². The summed E-state index contributed by atoms with van der Waals surface area (Å²) >= 11 is 0. The Kier molecular flexibility index (Phi) is 6.40. The Hall–Kier alpha value is -0.770. The lowest BCUT2D eigenvalue weighted by Gasteiger charge is -2.30. The summed E-state index contributed by atoms with van der Waals surface area (Å²) in [5.74, 6) is 0.879. The first-order chi connectivity index (χ1) is 12.8. The molecule has 3 saturated heterocycles. The molecule has 3 atom stereocenters. The van der Waals surface area contributed by atoms with Gasteiger partial charge in [0.05, 0.1) is 6.04 Å². The van der Waals surface area contributed by atoms with Crippen LogP contribution < -0.4 is 21.5 Å². The zero-order valence-electron chi connectivity index (χ0n) is 15.7. The van der Waals surface area contributed by atoms with E-state index in [1.807, 2.05) is 0 Å². The fourth-order valence-corrected chi connectivity index (χ4v) is 4.67. The molecule has 3 heterocycles. The average molecular weight is 367 g/mol. The Morgan fingerprint density at radius 3 is 2.77 bits per heavy atom. The van der Waals surface area contributed by atoms with Gasteiger partial charge in [0.1, 0.15) is 12.3 Å². The minimum Gasteiger partial charge on any atom is -0.349 e. The van der Waals surface area contributed by atoms with Gasteiger partial charge < -0.3 is 10.6 Å². The molecule has 8 nitrogen and oxygen atoms in total. The Labute approximate surface area is 156 Å². The predicted octanol–water partition coefficient (Wildman–Crippen LogP) is -0.603. The summed E-state index contributed by atoms with van der Waals surface area (Å²) < 4.78 is 0. The molecule has 0 aromatic rings. The van der Waals surface area contributed by atoms with Crippen molar-refractivity contribution in [3.63, 3.8) is 0 Å². The summed E-state index contributed by atoms with van der Waals surface area (Å²) in [5, 5.41) is 8.85. The average Bonchev–Trinajstić information content (AvgIpc) is 3.33. The van der Waals surface area contributed by atoms with Crippen molar-refractivity contribution in [3.05, 3.63) is 0 Å². The van der Waals surface area contributed by atoms with Crippen LogP contribution in [0.4, 0.5) is 0 Å². The number of hydrazine groups is 1. The maximum atomic E-state index is 12.6. The van der Waals surface area contributed by atoms with Crippen LogP contribution in [0, 0.1) is 5.92 Å². The fourth-order valence-electron chi connectivity index (χ4n) is 4.67. The molecule has 4 fully saturated rings. The fraction of sp³-hybridized carbons (Fsp3) is 0.944. The quantitative estimate of drug-likeness (QED) is 0.517. The van der Waals surface area contributed by atoms with Gasteiger partial charge in [0.25, 0.3) is 0 Å². The highest BCUT2D eigenvalue weighted by molar-refractivity contribution is 5.82. The van der Waals surface area contributed by atoms with Crippen LogP contribution in [0.25, 0.3) is 0 Å². The van der Waals surface area contributed by atoms with Crippen molar-refractivity contribution in [1.29, 1.82) is 0 Å². The number of carbonyl (C=O) groups is 1. The molecule has 8 heteroatoms. The number of nitrogens with one attached hydrogen (secondary N) is 4. The highest BCUT2D eigenvalue weighted by Crippen LogP contribution is 2.24. The standard InChI is InChI=1S/C18H34N6O2/c25-18(16-10-17(26-22-16)23-8-6-19-7-9-23)21-15-11-20-24(13-15)12-14-4-2-1-3-5-14/h14-17,19-20,22H,1-13H2,(H,21,25). The molecule has 1 saturated carbocycles. The van der Waals surface area contributed by atoms with Crippen LogP contribution in [0.15, 0.2) is 0 Å². The maximum absolute atomic E-state index is 12.6. The first-order valence-electron chi connectivity index (χ1n) is 10.4. The van der Waals surface area contributed by atoms with E-state index >= 15 is 0 Å². The van der Waals surface area contributed by atoms with Crippen molar-refractivity contribution in [2.75, 3.05) is 45.8 Å².